The Morgan fingerprint density at radius 1 is 1.11 bits per heavy atom. The van der Waals surface area contributed by atoms with Gasteiger partial charge in [-0.25, -0.2) is 0 Å². The van der Waals surface area contributed by atoms with Crippen molar-refractivity contribution in [3.63, 3.8) is 0 Å². The predicted molar refractivity (Wildman–Crippen MR) is 110 cm³/mol. The summed E-state index contributed by atoms with van der Waals surface area (Å²) in [7, 11) is 2.16. The second-order valence-corrected chi connectivity index (χ2v) is 8.69. The lowest BCUT2D eigenvalue weighted by Crippen LogP contribution is -2.51. The Hall–Kier alpha value is -2.33. The normalized spacial score (nSPS) is 23.0. The van der Waals surface area contributed by atoms with Crippen molar-refractivity contribution in [3.8, 4) is 5.75 Å². The van der Waals surface area contributed by atoms with E-state index in [1.807, 2.05) is 24.3 Å². The quantitative estimate of drug-likeness (QED) is 0.864. The zero-order valence-corrected chi connectivity index (χ0v) is 16.5. The number of piperidine rings is 1. The molecule has 5 rings (SSSR count). The molecule has 2 aliphatic heterocycles. The van der Waals surface area contributed by atoms with Gasteiger partial charge in [-0.3, -0.25) is 4.79 Å². The number of aryl methyl sites for hydroxylation is 2. The van der Waals surface area contributed by atoms with Crippen LogP contribution in [-0.4, -0.2) is 36.5 Å². The van der Waals surface area contributed by atoms with Gasteiger partial charge in [0.15, 0.2) is 0 Å². The third-order valence-electron chi connectivity index (χ3n) is 6.76. The molecule has 1 aliphatic carbocycles. The number of carbonyl (C=O) groups is 1. The minimum Gasteiger partial charge on any atom is -0.487 e. The number of carbonyl (C=O) groups excluding carboxylic acids is 1. The molecule has 1 spiro atoms. The van der Waals surface area contributed by atoms with E-state index in [1.165, 1.54) is 17.5 Å². The summed E-state index contributed by atoms with van der Waals surface area (Å²) < 4.78 is 6.51. The molecule has 3 aliphatic rings. The maximum Gasteiger partial charge on any atom is 0.251 e. The molecule has 4 nitrogen and oxygen atoms in total. The van der Waals surface area contributed by atoms with Crippen LogP contribution in [0.5, 0.6) is 5.75 Å². The van der Waals surface area contributed by atoms with E-state index in [1.54, 1.807) is 0 Å². The Bertz CT molecular complexity index is 899. The fraction of sp³-hybridized carbons (Fsp3) is 0.458. The Morgan fingerprint density at radius 3 is 2.75 bits per heavy atom. The van der Waals surface area contributed by atoms with Crippen molar-refractivity contribution in [2.24, 2.45) is 0 Å². The Morgan fingerprint density at radius 2 is 1.89 bits per heavy atom. The van der Waals surface area contributed by atoms with Crippen molar-refractivity contribution in [2.45, 2.75) is 50.2 Å². The van der Waals surface area contributed by atoms with Crippen molar-refractivity contribution in [3.05, 3.63) is 64.7 Å². The first-order valence-corrected chi connectivity index (χ1v) is 10.5. The number of rotatable bonds is 2. The van der Waals surface area contributed by atoms with Crippen LogP contribution in [0.1, 0.15) is 58.8 Å². The maximum atomic E-state index is 13.1. The Balaban J connectivity index is 1.41. The summed E-state index contributed by atoms with van der Waals surface area (Å²) in [6.45, 7) is 2.07. The number of ether oxygens (including phenoxy) is 1. The molecule has 1 saturated heterocycles. The molecule has 0 saturated carbocycles. The minimum atomic E-state index is -0.170. The van der Waals surface area contributed by atoms with Gasteiger partial charge in [0.1, 0.15) is 11.4 Å². The standard InChI is InChI=1S/C24H28N2O2/c1-26-13-11-24(12-14-26)16-21(20-7-2-3-8-22(20)28-24)25-23(27)19-10-9-17-5-4-6-18(17)15-19/h2-3,7-10,15,21H,4-6,11-14,16H2,1H3,(H,25,27)/t21-/m1/s1. The highest BCUT2D eigenvalue weighted by Crippen LogP contribution is 2.44. The Kier molecular flexibility index (Phi) is 4.39. The van der Waals surface area contributed by atoms with Crippen LogP contribution in [0.2, 0.25) is 0 Å². The molecule has 0 unspecified atom stereocenters. The van der Waals surface area contributed by atoms with E-state index in [2.05, 4.69) is 35.5 Å². The zero-order valence-electron chi connectivity index (χ0n) is 16.5. The van der Waals surface area contributed by atoms with E-state index in [4.69, 9.17) is 4.74 Å². The van der Waals surface area contributed by atoms with Crippen molar-refractivity contribution in [1.29, 1.82) is 0 Å². The van der Waals surface area contributed by atoms with Gasteiger partial charge in [0.05, 0.1) is 6.04 Å². The summed E-state index contributed by atoms with van der Waals surface area (Å²) in [5.74, 6) is 0.956. The molecule has 1 fully saturated rings. The third-order valence-corrected chi connectivity index (χ3v) is 6.76. The molecule has 1 N–H and O–H groups in total. The molecule has 28 heavy (non-hydrogen) atoms. The first kappa shape index (κ1) is 17.7. The molecule has 4 heteroatoms. The summed E-state index contributed by atoms with van der Waals surface area (Å²) in [6, 6.07) is 14.4. The van der Waals surface area contributed by atoms with Crippen LogP contribution in [0.25, 0.3) is 0 Å². The van der Waals surface area contributed by atoms with E-state index >= 15 is 0 Å². The molecular formula is C24H28N2O2. The van der Waals surface area contributed by atoms with Crippen LogP contribution in [0.15, 0.2) is 42.5 Å². The second kappa shape index (κ2) is 6.93. The van der Waals surface area contributed by atoms with Gasteiger partial charge in [-0.15, -0.1) is 0 Å². The van der Waals surface area contributed by atoms with Crippen LogP contribution < -0.4 is 10.1 Å². The maximum absolute atomic E-state index is 13.1. The van der Waals surface area contributed by atoms with E-state index in [0.717, 1.165) is 62.1 Å². The lowest BCUT2D eigenvalue weighted by atomic mass is 9.80. The summed E-state index contributed by atoms with van der Waals surface area (Å²) in [5.41, 5.74) is 4.45. The number of nitrogens with zero attached hydrogens (tertiary/aromatic N) is 1. The molecule has 1 atom stereocenters. The molecular weight excluding hydrogens is 348 g/mol. The fourth-order valence-corrected chi connectivity index (χ4v) is 5.03. The summed E-state index contributed by atoms with van der Waals surface area (Å²) >= 11 is 0. The van der Waals surface area contributed by atoms with Crippen LogP contribution >= 0.6 is 0 Å². The van der Waals surface area contributed by atoms with Gasteiger partial charge >= 0.3 is 0 Å². The Labute approximate surface area is 166 Å². The number of benzene rings is 2. The summed E-state index contributed by atoms with van der Waals surface area (Å²) in [5, 5.41) is 3.33. The van der Waals surface area contributed by atoms with Gasteiger partial charge in [0, 0.05) is 30.6 Å². The average molecular weight is 377 g/mol. The molecule has 0 bridgehead atoms. The second-order valence-electron chi connectivity index (χ2n) is 8.69. The van der Waals surface area contributed by atoms with Gasteiger partial charge in [-0.1, -0.05) is 24.3 Å². The van der Waals surface area contributed by atoms with Gasteiger partial charge in [-0.2, -0.15) is 0 Å². The fourth-order valence-electron chi connectivity index (χ4n) is 5.03. The largest absolute Gasteiger partial charge is 0.487 e. The highest BCUT2D eigenvalue weighted by Gasteiger charge is 2.43. The monoisotopic (exact) mass is 376 g/mol. The SMILES string of the molecule is CN1CCC2(CC1)C[C@@H](NC(=O)c1ccc3c(c1)CCC3)c1ccccc1O2. The highest BCUT2D eigenvalue weighted by molar-refractivity contribution is 5.94. The third kappa shape index (κ3) is 3.20. The molecule has 1 amide bonds. The van der Waals surface area contributed by atoms with E-state index in [-0.39, 0.29) is 17.6 Å². The van der Waals surface area contributed by atoms with Crippen molar-refractivity contribution >= 4 is 5.91 Å². The molecule has 2 aromatic carbocycles. The highest BCUT2D eigenvalue weighted by atomic mass is 16.5. The van der Waals surface area contributed by atoms with Gasteiger partial charge < -0.3 is 15.0 Å². The van der Waals surface area contributed by atoms with Crippen LogP contribution in [-0.2, 0) is 12.8 Å². The first-order valence-electron chi connectivity index (χ1n) is 10.5. The first-order chi connectivity index (χ1) is 13.6. The van der Waals surface area contributed by atoms with Crippen LogP contribution in [0, 0.1) is 0 Å². The molecule has 2 heterocycles. The molecule has 2 aromatic rings. The smallest absolute Gasteiger partial charge is 0.251 e. The number of nitrogens with one attached hydrogen (secondary N) is 1. The molecule has 146 valence electrons. The van der Waals surface area contributed by atoms with Crippen molar-refractivity contribution in [2.75, 3.05) is 20.1 Å². The lowest BCUT2D eigenvalue weighted by molar-refractivity contribution is -0.0195. The van der Waals surface area contributed by atoms with Gasteiger partial charge in [-0.05, 0) is 68.5 Å². The topological polar surface area (TPSA) is 41.6 Å². The zero-order chi connectivity index (χ0) is 19.1. The summed E-state index contributed by atoms with van der Waals surface area (Å²) in [4.78, 5) is 15.4. The minimum absolute atomic E-state index is 0.00545. The average Bonchev–Trinajstić information content (AvgIpc) is 3.18. The van der Waals surface area contributed by atoms with Gasteiger partial charge in [0.25, 0.3) is 5.91 Å². The van der Waals surface area contributed by atoms with Crippen LogP contribution in [0.4, 0.5) is 0 Å². The van der Waals surface area contributed by atoms with Crippen molar-refractivity contribution in [1.82, 2.24) is 10.2 Å². The van der Waals surface area contributed by atoms with E-state index in [0.29, 0.717) is 0 Å². The lowest BCUT2D eigenvalue weighted by Gasteiger charge is -2.46. The number of para-hydroxylation sites is 1. The van der Waals surface area contributed by atoms with Gasteiger partial charge in [0.2, 0.25) is 0 Å². The van der Waals surface area contributed by atoms with E-state index in [9.17, 15) is 4.79 Å². The molecule has 0 radical (unpaired) electrons. The van der Waals surface area contributed by atoms with Crippen LogP contribution in [0.3, 0.4) is 0 Å². The van der Waals surface area contributed by atoms with E-state index < -0.39 is 0 Å². The summed E-state index contributed by atoms with van der Waals surface area (Å²) in [6.07, 6.45) is 6.28. The number of fused-ring (bicyclic) bond motifs is 2. The number of likely N-dealkylation sites (tertiary alicyclic amines) is 1. The number of hydrogen-bond donors (Lipinski definition) is 1. The molecule has 0 aromatic heterocycles. The number of hydrogen-bond acceptors (Lipinski definition) is 3. The van der Waals surface area contributed by atoms with Crippen molar-refractivity contribution < 1.29 is 9.53 Å². The predicted octanol–water partition coefficient (Wildman–Crippen LogP) is 3.89. The number of amides is 1.